The average molecular weight is 640 g/mol. The third kappa shape index (κ3) is 7.51. The average Bonchev–Trinajstić information content (AvgIpc) is 2.98. The van der Waals surface area contributed by atoms with E-state index in [1.807, 2.05) is 6.07 Å². The molecule has 13 heteroatoms. The van der Waals surface area contributed by atoms with Crippen molar-refractivity contribution in [3.63, 3.8) is 0 Å². The maximum absolute atomic E-state index is 14.0. The predicted octanol–water partition coefficient (Wildman–Crippen LogP) is 8.15. The number of amides is 3. The normalized spacial score (nSPS) is 16.0. The van der Waals surface area contributed by atoms with E-state index in [2.05, 4.69) is 0 Å². The standard InChI is InChI=1S/C32H32F7N3O3/c1-20-14-25(33)10-11-26(20)27-18-41(29(44)45-19-21-8-6-5-7-9-21)12-13-42(27)28(43)40(4)30(2,3)22-15-23(31(34,35)36)17-24(16-22)32(37,38)39/h5-11,14-17,27H,12-13,18-19H2,1-4H3/t27-/m1/s1. The van der Waals surface area contributed by atoms with Gasteiger partial charge in [-0.3, -0.25) is 0 Å². The Morgan fingerprint density at radius 1 is 0.867 bits per heavy atom. The molecule has 6 nitrogen and oxygen atoms in total. The smallest absolute Gasteiger partial charge is 0.416 e. The molecule has 3 aromatic carbocycles. The van der Waals surface area contributed by atoms with Gasteiger partial charge < -0.3 is 19.4 Å². The van der Waals surface area contributed by atoms with Crippen molar-refractivity contribution < 1.29 is 45.1 Å². The Labute approximate surface area is 256 Å². The van der Waals surface area contributed by atoms with Gasteiger partial charge in [0.25, 0.3) is 0 Å². The molecule has 242 valence electrons. The molecule has 45 heavy (non-hydrogen) atoms. The molecule has 3 amide bonds. The van der Waals surface area contributed by atoms with Crippen LogP contribution in [0.3, 0.4) is 0 Å². The summed E-state index contributed by atoms with van der Waals surface area (Å²) < 4.78 is 101. The lowest BCUT2D eigenvalue weighted by atomic mass is 9.89. The number of rotatable bonds is 5. The zero-order valence-corrected chi connectivity index (χ0v) is 25.0. The van der Waals surface area contributed by atoms with Gasteiger partial charge in [0.05, 0.1) is 22.7 Å². The molecule has 1 aliphatic heterocycles. The molecule has 1 heterocycles. The minimum absolute atomic E-state index is 0.00684. The number of ether oxygens (including phenoxy) is 1. The minimum Gasteiger partial charge on any atom is -0.445 e. The van der Waals surface area contributed by atoms with E-state index in [-0.39, 0.29) is 37.9 Å². The number of nitrogens with zero attached hydrogens (tertiary/aromatic N) is 3. The summed E-state index contributed by atoms with van der Waals surface area (Å²) in [6.07, 6.45) is -10.8. The molecule has 0 aliphatic carbocycles. The molecule has 0 saturated carbocycles. The molecule has 1 aliphatic rings. The topological polar surface area (TPSA) is 53.1 Å². The van der Waals surface area contributed by atoms with E-state index in [9.17, 15) is 40.3 Å². The molecule has 0 bridgehead atoms. The van der Waals surface area contributed by atoms with Crippen LogP contribution >= 0.6 is 0 Å². The molecular formula is C32H32F7N3O3. The van der Waals surface area contributed by atoms with Gasteiger partial charge in [0, 0.05) is 26.7 Å². The number of urea groups is 1. The second kappa shape index (κ2) is 12.6. The van der Waals surface area contributed by atoms with Crippen LogP contribution in [0.25, 0.3) is 0 Å². The molecule has 1 fully saturated rings. The molecule has 0 spiro atoms. The molecule has 1 saturated heterocycles. The van der Waals surface area contributed by atoms with Crippen LogP contribution in [0.15, 0.2) is 66.7 Å². The highest BCUT2D eigenvalue weighted by atomic mass is 19.4. The fraction of sp³-hybridized carbons (Fsp3) is 0.375. The fourth-order valence-electron chi connectivity index (χ4n) is 5.20. The Morgan fingerprint density at radius 3 is 2.00 bits per heavy atom. The van der Waals surface area contributed by atoms with Crippen LogP contribution in [0.2, 0.25) is 0 Å². The number of benzene rings is 3. The van der Waals surface area contributed by atoms with Crippen molar-refractivity contribution in [2.45, 2.75) is 51.3 Å². The zero-order valence-electron chi connectivity index (χ0n) is 25.0. The van der Waals surface area contributed by atoms with Crippen molar-refractivity contribution in [1.82, 2.24) is 14.7 Å². The van der Waals surface area contributed by atoms with E-state index >= 15 is 0 Å². The number of piperazine rings is 1. The molecule has 1 atom stereocenters. The van der Waals surface area contributed by atoms with E-state index in [1.54, 1.807) is 31.2 Å². The maximum Gasteiger partial charge on any atom is 0.416 e. The molecule has 0 aromatic heterocycles. The van der Waals surface area contributed by atoms with Crippen LogP contribution in [-0.4, -0.2) is 53.5 Å². The summed E-state index contributed by atoms with van der Waals surface area (Å²) in [6.45, 7) is 4.26. The van der Waals surface area contributed by atoms with Crippen molar-refractivity contribution in [2.24, 2.45) is 0 Å². The number of alkyl halides is 6. The van der Waals surface area contributed by atoms with Crippen LogP contribution in [0.4, 0.5) is 40.3 Å². The molecule has 3 aromatic rings. The molecule has 0 N–H and O–H groups in total. The highest BCUT2D eigenvalue weighted by Crippen LogP contribution is 2.40. The first-order valence-electron chi connectivity index (χ1n) is 14.0. The SMILES string of the molecule is Cc1cc(F)ccc1[C@H]1CN(C(=O)OCc2ccccc2)CCN1C(=O)N(C)C(C)(C)c1cc(C(F)(F)F)cc(C(F)(F)F)c1. The Hall–Kier alpha value is -4.29. The highest BCUT2D eigenvalue weighted by molar-refractivity contribution is 5.77. The third-order valence-corrected chi connectivity index (χ3v) is 8.10. The zero-order chi connectivity index (χ0) is 33.3. The first-order chi connectivity index (χ1) is 20.9. The number of hydrogen-bond donors (Lipinski definition) is 0. The fourth-order valence-corrected chi connectivity index (χ4v) is 5.20. The number of carbonyl (C=O) groups is 2. The van der Waals surface area contributed by atoms with Crippen LogP contribution in [0.5, 0.6) is 0 Å². The summed E-state index contributed by atoms with van der Waals surface area (Å²) in [5.41, 5.74) is -3.27. The summed E-state index contributed by atoms with van der Waals surface area (Å²) in [5, 5.41) is 0. The van der Waals surface area contributed by atoms with Gasteiger partial charge >= 0.3 is 24.5 Å². The molecule has 0 unspecified atom stereocenters. The first-order valence-corrected chi connectivity index (χ1v) is 14.0. The molecular weight excluding hydrogens is 607 g/mol. The summed E-state index contributed by atoms with van der Waals surface area (Å²) in [7, 11) is 1.28. The third-order valence-electron chi connectivity index (χ3n) is 8.10. The Morgan fingerprint density at radius 2 is 1.44 bits per heavy atom. The number of hydrogen-bond acceptors (Lipinski definition) is 3. The van der Waals surface area contributed by atoms with Gasteiger partial charge in [-0.05, 0) is 73.4 Å². The predicted molar refractivity (Wildman–Crippen MR) is 151 cm³/mol. The van der Waals surface area contributed by atoms with Crippen molar-refractivity contribution in [3.05, 3.63) is 106 Å². The summed E-state index contributed by atoms with van der Waals surface area (Å²) >= 11 is 0. The summed E-state index contributed by atoms with van der Waals surface area (Å²) in [5.74, 6) is -0.521. The van der Waals surface area contributed by atoms with Gasteiger partial charge in [-0.25, -0.2) is 14.0 Å². The van der Waals surface area contributed by atoms with Gasteiger partial charge in [-0.2, -0.15) is 26.3 Å². The van der Waals surface area contributed by atoms with E-state index in [0.717, 1.165) is 10.5 Å². The van der Waals surface area contributed by atoms with Crippen molar-refractivity contribution >= 4 is 12.1 Å². The Kier molecular flexibility index (Phi) is 9.41. The second-order valence-electron chi connectivity index (χ2n) is 11.4. The van der Waals surface area contributed by atoms with Gasteiger partial charge in [-0.1, -0.05) is 36.4 Å². The van der Waals surface area contributed by atoms with Gasteiger partial charge in [0.1, 0.15) is 12.4 Å². The van der Waals surface area contributed by atoms with Crippen LogP contribution in [0, 0.1) is 12.7 Å². The Balaban J connectivity index is 1.65. The summed E-state index contributed by atoms with van der Waals surface area (Å²) in [4.78, 5) is 30.9. The van der Waals surface area contributed by atoms with Crippen LogP contribution in [0.1, 0.15) is 53.3 Å². The summed E-state index contributed by atoms with van der Waals surface area (Å²) in [6, 6.07) is 12.6. The van der Waals surface area contributed by atoms with Crippen molar-refractivity contribution in [2.75, 3.05) is 26.7 Å². The van der Waals surface area contributed by atoms with Gasteiger partial charge in [-0.15, -0.1) is 0 Å². The van der Waals surface area contributed by atoms with Gasteiger partial charge in [0.15, 0.2) is 0 Å². The molecule has 4 rings (SSSR count). The van der Waals surface area contributed by atoms with E-state index in [1.165, 1.54) is 48.9 Å². The number of halogens is 7. The number of aryl methyl sites for hydroxylation is 1. The lowest BCUT2D eigenvalue weighted by Crippen LogP contribution is -2.57. The lowest BCUT2D eigenvalue weighted by molar-refractivity contribution is -0.143. The lowest BCUT2D eigenvalue weighted by Gasteiger charge is -2.46. The minimum atomic E-state index is -5.06. The van der Waals surface area contributed by atoms with E-state index in [0.29, 0.717) is 23.3 Å². The second-order valence-corrected chi connectivity index (χ2v) is 11.4. The van der Waals surface area contributed by atoms with Crippen molar-refractivity contribution in [3.8, 4) is 0 Å². The Bertz CT molecular complexity index is 1510. The first kappa shape index (κ1) is 33.6. The number of carbonyl (C=O) groups excluding carboxylic acids is 2. The quantitative estimate of drug-likeness (QED) is 0.265. The van der Waals surface area contributed by atoms with Crippen LogP contribution in [-0.2, 0) is 29.2 Å². The van der Waals surface area contributed by atoms with Gasteiger partial charge in [0.2, 0.25) is 0 Å². The van der Waals surface area contributed by atoms with E-state index < -0.39 is 53.0 Å². The maximum atomic E-state index is 14.0. The monoisotopic (exact) mass is 639 g/mol. The molecule has 0 radical (unpaired) electrons. The highest BCUT2D eigenvalue weighted by Gasteiger charge is 2.43. The van der Waals surface area contributed by atoms with Crippen molar-refractivity contribution in [1.29, 1.82) is 0 Å². The van der Waals surface area contributed by atoms with Crippen LogP contribution < -0.4 is 0 Å². The largest absolute Gasteiger partial charge is 0.445 e. The van der Waals surface area contributed by atoms with E-state index in [4.69, 9.17) is 4.74 Å².